The summed E-state index contributed by atoms with van der Waals surface area (Å²) in [6.45, 7) is 0.850. The third kappa shape index (κ3) is 3.69. The number of nitrogens with zero attached hydrogens (tertiary/aromatic N) is 2. The largest absolute Gasteiger partial charge is 0.378 e. The predicted octanol–water partition coefficient (Wildman–Crippen LogP) is 1.54. The summed E-state index contributed by atoms with van der Waals surface area (Å²) < 4.78 is 10.7. The summed E-state index contributed by atoms with van der Waals surface area (Å²) in [5.74, 6) is 2.27. The lowest BCUT2D eigenvalue weighted by atomic mass is 10.2. The van der Waals surface area contributed by atoms with Gasteiger partial charge in [-0.05, 0) is 31.3 Å². The Morgan fingerprint density at radius 3 is 3.18 bits per heavy atom. The molecule has 1 aliphatic heterocycles. The van der Waals surface area contributed by atoms with Gasteiger partial charge < -0.3 is 15.0 Å². The molecule has 0 bridgehead atoms. The van der Waals surface area contributed by atoms with Crippen LogP contribution in [0.1, 0.15) is 37.0 Å². The van der Waals surface area contributed by atoms with Gasteiger partial charge in [0.25, 0.3) is 0 Å². The monoisotopic (exact) mass is 257 g/mol. The van der Waals surface area contributed by atoms with Gasteiger partial charge in [-0.15, -0.1) is 0 Å². The number of aromatic nitrogens is 2. The van der Waals surface area contributed by atoms with Crippen molar-refractivity contribution in [2.75, 3.05) is 18.6 Å². The zero-order chi connectivity index (χ0) is 12.1. The summed E-state index contributed by atoms with van der Waals surface area (Å²) in [4.78, 5) is 4.33. The fraction of sp³-hybridized carbons (Fsp3) is 0.818. The molecule has 0 aliphatic carbocycles. The van der Waals surface area contributed by atoms with Crippen LogP contribution < -0.4 is 5.73 Å². The van der Waals surface area contributed by atoms with Crippen molar-refractivity contribution < 1.29 is 9.26 Å². The summed E-state index contributed by atoms with van der Waals surface area (Å²) in [5.41, 5.74) is 5.96. The first-order valence-electron chi connectivity index (χ1n) is 5.98. The van der Waals surface area contributed by atoms with Crippen molar-refractivity contribution in [1.29, 1.82) is 0 Å². The van der Waals surface area contributed by atoms with E-state index in [2.05, 4.69) is 16.4 Å². The Bertz CT molecular complexity index is 339. The van der Waals surface area contributed by atoms with Crippen molar-refractivity contribution in [2.45, 2.75) is 37.8 Å². The number of hydrogen-bond donors (Lipinski definition) is 1. The van der Waals surface area contributed by atoms with Crippen LogP contribution >= 0.6 is 11.8 Å². The lowest BCUT2D eigenvalue weighted by Gasteiger charge is -2.05. The Morgan fingerprint density at radius 1 is 1.59 bits per heavy atom. The van der Waals surface area contributed by atoms with E-state index in [1.807, 2.05) is 0 Å². The highest BCUT2D eigenvalue weighted by atomic mass is 32.2. The van der Waals surface area contributed by atoms with Crippen molar-refractivity contribution in [3.05, 3.63) is 11.7 Å². The summed E-state index contributed by atoms with van der Waals surface area (Å²) >= 11 is 1.77. The zero-order valence-corrected chi connectivity index (χ0v) is 10.9. The summed E-state index contributed by atoms with van der Waals surface area (Å²) in [6, 6.07) is -0.145. The van der Waals surface area contributed by atoms with Gasteiger partial charge in [-0.2, -0.15) is 16.7 Å². The van der Waals surface area contributed by atoms with Gasteiger partial charge in [0.05, 0.1) is 12.1 Å². The average molecular weight is 257 g/mol. The predicted molar refractivity (Wildman–Crippen MR) is 66.9 cm³/mol. The first-order chi connectivity index (χ1) is 8.29. The van der Waals surface area contributed by atoms with Crippen molar-refractivity contribution >= 4 is 11.8 Å². The van der Waals surface area contributed by atoms with Crippen LogP contribution in [-0.4, -0.2) is 34.9 Å². The first-order valence-corrected chi connectivity index (χ1v) is 7.37. The molecule has 2 unspecified atom stereocenters. The van der Waals surface area contributed by atoms with Crippen LogP contribution in [0, 0.1) is 0 Å². The molecular formula is C11H19N3O2S. The molecule has 5 nitrogen and oxygen atoms in total. The molecule has 96 valence electrons. The highest BCUT2D eigenvalue weighted by Crippen LogP contribution is 2.18. The topological polar surface area (TPSA) is 74.2 Å². The van der Waals surface area contributed by atoms with E-state index in [0.29, 0.717) is 11.7 Å². The smallest absolute Gasteiger partial charge is 0.243 e. The lowest BCUT2D eigenvalue weighted by Crippen LogP contribution is -2.13. The SMILES string of the molecule is CSCCC(N)c1nc(CC2CCCO2)no1. The van der Waals surface area contributed by atoms with Crippen molar-refractivity contribution in [1.82, 2.24) is 10.1 Å². The number of thioether (sulfide) groups is 1. The van der Waals surface area contributed by atoms with Crippen molar-refractivity contribution in [2.24, 2.45) is 5.73 Å². The molecule has 6 heteroatoms. The second-order valence-electron chi connectivity index (χ2n) is 4.28. The molecular weight excluding hydrogens is 238 g/mol. The van der Waals surface area contributed by atoms with Crippen LogP contribution in [0.15, 0.2) is 4.52 Å². The van der Waals surface area contributed by atoms with Crippen LogP contribution in [0.4, 0.5) is 0 Å². The fourth-order valence-corrected chi connectivity index (χ4v) is 2.37. The molecule has 1 aromatic rings. The molecule has 2 rings (SSSR count). The van der Waals surface area contributed by atoms with Crippen LogP contribution in [0.25, 0.3) is 0 Å². The van der Waals surface area contributed by atoms with Crippen LogP contribution in [0.2, 0.25) is 0 Å². The van der Waals surface area contributed by atoms with E-state index in [1.165, 1.54) is 0 Å². The average Bonchev–Trinajstić information content (AvgIpc) is 2.98. The van der Waals surface area contributed by atoms with E-state index in [4.69, 9.17) is 15.0 Å². The lowest BCUT2D eigenvalue weighted by molar-refractivity contribution is 0.109. The standard InChI is InChI=1S/C11H19N3O2S/c1-17-6-4-9(12)11-13-10(14-16-11)7-8-3-2-5-15-8/h8-9H,2-7,12H2,1H3. The molecule has 2 atom stereocenters. The van der Waals surface area contributed by atoms with E-state index >= 15 is 0 Å². The van der Waals surface area contributed by atoms with Gasteiger partial charge in [-0.25, -0.2) is 0 Å². The zero-order valence-electron chi connectivity index (χ0n) is 10.1. The van der Waals surface area contributed by atoms with Gasteiger partial charge in [0, 0.05) is 13.0 Å². The molecule has 2 heterocycles. The van der Waals surface area contributed by atoms with Crippen molar-refractivity contribution in [3.8, 4) is 0 Å². The molecule has 0 radical (unpaired) electrons. The Labute approximate surface area is 105 Å². The van der Waals surface area contributed by atoms with Gasteiger partial charge in [0.2, 0.25) is 5.89 Å². The van der Waals surface area contributed by atoms with Gasteiger partial charge in [0.1, 0.15) is 0 Å². The van der Waals surface area contributed by atoms with Crippen LogP contribution in [-0.2, 0) is 11.2 Å². The molecule has 0 spiro atoms. The van der Waals surface area contributed by atoms with Gasteiger partial charge in [-0.1, -0.05) is 5.16 Å². The summed E-state index contributed by atoms with van der Waals surface area (Å²) in [6.07, 6.45) is 6.12. The Kier molecular flexibility index (Phi) is 4.82. The number of nitrogens with two attached hydrogens (primary N) is 1. The molecule has 2 N–H and O–H groups in total. The number of rotatable bonds is 6. The molecule has 17 heavy (non-hydrogen) atoms. The molecule has 1 saturated heterocycles. The Balaban J connectivity index is 1.86. The maximum Gasteiger partial charge on any atom is 0.243 e. The maximum absolute atomic E-state index is 5.96. The number of hydrogen-bond acceptors (Lipinski definition) is 6. The maximum atomic E-state index is 5.96. The van der Waals surface area contributed by atoms with E-state index in [-0.39, 0.29) is 12.1 Å². The van der Waals surface area contributed by atoms with Crippen LogP contribution in [0.5, 0.6) is 0 Å². The second-order valence-corrected chi connectivity index (χ2v) is 5.26. The summed E-state index contributed by atoms with van der Waals surface area (Å²) in [7, 11) is 0. The Hall–Kier alpha value is -0.590. The Morgan fingerprint density at radius 2 is 2.47 bits per heavy atom. The molecule has 1 aliphatic rings. The van der Waals surface area contributed by atoms with Gasteiger partial charge in [0.15, 0.2) is 5.82 Å². The number of ether oxygens (including phenoxy) is 1. The molecule has 0 saturated carbocycles. The van der Waals surface area contributed by atoms with E-state index in [1.54, 1.807) is 11.8 Å². The molecule has 1 aromatic heterocycles. The fourth-order valence-electron chi connectivity index (χ4n) is 1.88. The molecule has 0 amide bonds. The quantitative estimate of drug-likeness (QED) is 0.833. The minimum Gasteiger partial charge on any atom is -0.378 e. The summed E-state index contributed by atoms with van der Waals surface area (Å²) in [5, 5.41) is 3.96. The highest BCUT2D eigenvalue weighted by molar-refractivity contribution is 7.98. The van der Waals surface area contributed by atoms with Crippen molar-refractivity contribution in [3.63, 3.8) is 0 Å². The second kappa shape index (κ2) is 6.37. The van der Waals surface area contributed by atoms with E-state index in [9.17, 15) is 0 Å². The minimum atomic E-state index is -0.145. The normalized spacial score (nSPS) is 21.9. The van der Waals surface area contributed by atoms with Gasteiger partial charge >= 0.3 is 0 Å². The first kappa shape index (κ1) is 12.9. The highest BCUT2D eigenvalue weighted by Gasteiger charge is 2.20. The molecule has 1 fully saturated rings. The van der Waals surface area contributed by atoms with Crippen LogP contribution in [0.3, 0.4) is 0 Å². The third-order valence-electron chi connectivity index (χ3n) is 2.87. The van der Waals surface area contributed by atoms with E-state index in [0.717, 1.165) is 38.0 Å². The minimum absolute atomic E-state index is 0.145. The van der Waals surface area contributed by atoms with Gasteiger partial charge in [-0.3, -0.25) is 0 Å². The van der Waals surface area contributed by atoms with E-state index < -0.39 is 0 Å². The molecule has 0 aromatic carbocycles. The third-order valence-corrected chi connectivity index (χ3v) is 3.51.